The molecule has 0 amide bonds. The van der Waals surface area contributed by atoms with E-state index in [2.05, 4.69) is 28.4 Å². The highest BCUT2D eigenvalue weighted by Gasteiger charge is 2.16. The van der Waals surface area contributed by atoms with Gasteiger partial charge in [-0.3, -0.25) is 4.57 Å². The summed E-state index contributed by atoms with van der Waals surface area (Å²) >= 11 is 1.41. The third-order valence-electron chi connectivity index (χ3n) is 3.36. The number of rotatable bonds is 6. The van der Waals surface area contributed by atoms with Crippen molar-refractivity contribution >= 4 is 11.8 Å². The Morgan fingerprint density at radius 1 is 1.22 bits per heavy atom. The molecule has 0 aliphatic carbocycles. The van der Waals surface area contributed by atoms with Crippen LogP contribution in [0.2, 0.25) is 0 Å². The second-order valence-electron chi connectivity index (χ2n) is 5.12. The Morgan fingerprint density at radius 3 is 2.74 bits per heavy atom. The van der Waals surface area contributed by atoms with E-state index in [0.29, 0.717) is 13.0 Å². The second-order valence-corrected chi connectivity index (χ2v) is 6.42. The minimum Gasteiger partial charge on any atom is -0.467 e. The molecule has 0 saturated heterocycles. The molecule has 3 aromatic rings. The zero-order chi connectivity index (χ0) is 16.1. The monoisotopic (exact) mass is 324 g/mol. The summed E-state index contributed by atoms with van der Waals surface area (Å²) < 4.78 is 7.47. The van der Waals surface area contributed by atoms with E-state index in [1.165, 1.54) is 17.3 Å². The van der Waals surface area contributed by atoms with Crippen molar-refractivity contribution in [3.05, 3.63) is 65.9 Å². The maximum absolute atomic E-state index is 9.04. The largest absolute Gasteiger partial charge is 0.467 e. The van der Waals surface area contributed by atoms with Crippen LogP contribution in [0, 0.1) is 11.3 Å². The number of hydrogen-bond donors (Lipinski definition) is 0. The fraction of sp³-hybridized carbons (Fsp3) is 0.235. The second kappa shape index (κ2) is 7.16. The summed E-state index contributed by atoms with van der Waals surface area (Å²) in [5.74, 6) is 1.70. The van der Waals surface area contributed by atoms with Gasteiger partial charge in [-0.05, 0) is 24.6 Å². The van der Waals surface area contributed by atoms with Gasteiger partial charge < -0.3 is 4.42 Å². The summed E-state index contributed by atoms with van der Waals surface area (Å²) in [6, 6.07) is 16.1. The lowest BCUT2D eigenvalue weighted by Gasteiger charge is -2.09. The summed E-state index contributed by atoms with van der Waals surface area (Å²) in [6.45, 7) is 2.41. The molecule has 1 aromatic carbocycles. The van der Waals surface area contributed by atoms with E-state index in [4.69, 9.17) is 9.68 Å². The molecule has 0 radical (unpaired) electrons. The Bertz CT molecular complexity index is 790. The van der Waals surface area contributed by atoms with Crippen LogP contribution in [0.1, 0.15) is 24.1 Å². The van der Waals surface area contributed by atoms with Gasteiger partial charge in [-0.2, -0.15) is 5.26 Å². The SMILES string of the molecule is C[C@H](C#N)Sc1nnc(Cc2ccccc2)n1Cc1ccco1. The first-order chi connectivity index (χ1) is 11.3. The van der Waals surface area contributed by atoms with Gasteiger partial charge in [0.15, 0.2) is 5.16 Å². The molecule has 0 N–H and O–H groups in total. The quantitative estimate of drug-likeness (QED) is 0.649. The maximum Gasteiger partial charge on any atom is 0.192 e. The Hall–Kier alpha value is -2.52. The smallest absolute Gasteiger partial charge is 0.192 e. The first kappa shape index (κ1) is 15.4. The Kier molecular flexibility index (Phi) is 4.79. The molecule has 0 unspecified atom stereocenters. The van der Waals surface area contributed by atoms with Gasteiger partial charge in [-0.1, -0.05) is 42.1 Å². The molecule has 23 heavy (non-hydrogen) atoms. The van der Waals surface area contributed by atoms with E-state index >= 15 is 0 Å². The summed E-state index contributed by atoms with van der Waals surface area (Å²) in [5.41, 5.74) is 1.17. The fourth-order valence-electron chi connectivity index (χ4n) is 2.22. The van der Waals surface area contributed by atoms with Crippen molar-refractivity contribution in [1.82, 2.24) is 14.8 Å². The van der Waals surface area contributed by atoms with Crippen LogP contribution in [0.25, 0.3) is 0 Å². The van der Waals surface area contributed by atoms with Gasteiger partial charge in [-0.15, -0.1) is 10.2 Å². The van der Waals surface area contributed by atoms with Crippen LogP contribution in [0.3, 0.4) is 0 Å². The average Bonchev–Trinajstić information content (AvgIpc) is 3.21. The third-order valence-corrected chi connectivity index (χ3v) is 4.33. The molecule has 0 saturated carbocycles. The number of benzene rings is 1. The Morgan fingerprint density at radius 2 is 2.04 bits per heavy atom. The van der Waals surface area contributed by atoms with Crippen LogP contribution in [0.15, 0.2) is 58.3 Å². The fourth-order valence-corrected chi connectivity index (χ4v) is 2.97. The molecule has 1 atom stereocenters. The molecule has 0 bridgehead atoms. The van der Waals surface area contributed by atoms with Gasteiger partial charge in [-0.25, -0.2) is 0 Å². The van der Waals surface area contributed by atoms with Gasteiger partial charge in [0.05, 0.1) is 24.1 Å². The predicted molar refractivity (Wildman–Crippen MR) is 88.0 cm³/mol. The average molecular weight is 324 g/mol. The highest BCUT2D eigenvalue weighted by molar-refractivity contribution is 8.00. The highest BCUT2D eigenvalue weighted by Crippen LogP contribution is 2.24. The van der Waals surface area contributed by atoms with Crippen LogP contribution in [-0.4, -0.2) is 20.0 Å². The van der Waals surface area contributed by atoms with Crippen LogP contribution >= 0.6 is 11.8 Å². The van der Waals surface area contributed by atoms with E-state index in [-0.39, 0.29) is 5.25 Å². The van der Waals surface area contributed by atoms with Gasteiger partial charge in [0.2, 0.25) is 0 Å². The molecule has 116 valence electrons. The molecule has 5 nitrogen and oxygen atoms in total. The van der Waals surface area contributed by atoms with Gasteiger partial charge in [0, 0.05) is 6.42 Å². The Balaban J connectivity index is 1.90. The van der Waals surface area contributed by atoms with E-state index in [9.17, 15) is 0 Å². The zero-order valence-corrected chi connectivity index (χ0v) is 13.5. The maximum atomic E-state index is 9.04. The standard InChI is InChI=1S/C17H16N4OS/c1-13(11-18)23-17-20-19-16(10-14-6-3-2-4-7-14)21(17)12-15-8-5-9-22-15/h2-9,13H,10,12H2,1H3/t13-/m1/s1. The minimum atomic E-state index is -0.181. The number of thioether (sulfide) groups is 1. The normalized spacial score (nSPS) is 12.0. The number of aromatic nitrogens is 3. The van der Waals surface area contributed by atoms with Crippen molar-refractivity contribution in [3.8, 4) is 6.07 Å². The van der Waals surface area contributed by atoms with E-state index in [1.807, 2.05) is 41.8 Å². The van der Waals surface area contributed by atoms with Crippen LogP contribution in [0.5, 0.6) is 0 Å². The summed E-state index contributed by atoms with van der Waals surface area (Å²) in [4.78, 5) is 0. The number of nitrogens with zero attached hydrogens (tertiary/aromatic N) is 4. The molecular weight excluding hydrogens is 308 g/mol. The minimum absolute atomic E-state index is 0.181. The first-order valence-corrected chi connectivity index (χ1v) is 8.19. The Labute approximate surface area is 139 Å². The van der Waals surface area contributed by atoms with Crippen molar-refractivity contribution in [1.29, 1.82) is 5.26 Å². The lowest BCUT2D eigenvalue weighted by molar-refractivity contribution is 0.479. The van der Waals surface area contributed by atoms with E-state index in [0.717, 1.165) is 16.7 Å². The third kappa shape index (κ3) is 3.82. The van der Waals surface area contributed by atoms with Crippen LogP contribution < -0.4 is 0 Å². The van der Waals surface area contributed by atoms with E-state index < -0.39 is 0 Å². The topological polar surface area (TPSA) is 67.6 Å². The number of nitriles is 1. The molecule has 0 aliphatic heterocycles. The number of furan rings is 1. The van der Waals surface area contributed by atoms with Crippen molar-refractivity contribution < 1.29 is 4.42 Å². The van der Waals surface area contributed by atoms with Gasteiger partial charge in [0.25, 0.3) is 0 Å². The summed E-state index contributed by atoms with van der Waals surface area (Å²) in [5, 5.41) is 18.2. The van der Waals surface area contributed by atoms with Crippen LogP contribution in [-0.2, 0) is 13.0 Å². The van der Waals surface area contributed by atoms with Crippen molar-refractivity contribution in [3.63, 3.8) is 0 Å². The molecule has 0 aliphatic rings. The molecular formula is C17H16N4OS. The lowest BCUT2D eigenvalue weighted by atomic mass is 10.1. The molecule has 2 aromatic heterocycles. The van der Waals surface area contributed by atoms with E-state index in [1.54, 1.807) is 6.26 Å². The molecule has 3 rings (SSSR count). The van der Waals surface area contributed by atoms with Crippen molar-refractivity contribution in [2.75, 3.05) is 0 Å². The van der Waals surface area contributed by atoms with Gasteiger partial charge in [0.1, 0.15) is 11.6 Å². The van der Waals surface area contributed by atoms with Crippen LogP contribution in [0.4, 0.5) is 0 Å². The molecule has 0 fully saturated rings. The summed E-state index contributed by atoms with van der Waals surface area (Å²) in [7, 11) is 0. The lowest BCUT2D eigenvalue weighted by Crippen LogP contribution is -2.08. The molecule has 0 spiro atoms. The predicted octanol–water partition coefficient (Wildman–Crippen LogP) is 3.51. The molecule has 2 heterocycles. The van der Waals surface area contributed by atoms with Crippen molar-refractivity contribution in [2.24, 2.45) is 0 Å². The van der Waals surface area contributed by atoms with Gasteiger partial charge >= 0.3 is 0 Å². The first-order valence-electron chi connectivity index (χ1n) is 7.31. The van der Waals surface area contributed by atoms with Crippen molar-refractivity contribution in [2.45, 2.75) is 30.3 Å². The number of hydrogen-bond acceptors (Lipinski definition) is 5. The highest BCUT2D eigenvalue weighted by atomic mass is 32.2. The molecule has 6 heteroatoms. The zero-order valence-electron chi connectivity index (χ0n) is 12.7. The summed E-state index contributed by atoms with van der Waals surface area (Å²) in [6.07, 6.45) is 2.34.